The van der Waals surface area contributed by atoms with Crippen molar-refractivity contribution >= 4 is 0 Å². The average molecular weight is 1350 g/mol. The van der Waals surface area contributed by atoms with E-state index in [4.69, 9.17) is 0 Å². The number of hydrogen-bond donors (Lipinski definition) is 0. The van der Waals surface area contributed by atoms with Gasteiger partial charge in [0.2, 0.25) is 0 Å². The van der Waals surface area contributed by atoms with Crippen molar-refractivity contribution in [1.82, 2.24) is 0 Å². The van der Waals surface area contributed by atoms with E-state index in [2.05, 4.69) is 146 Å². The van der Waals surface area contributed by atoms with Crippen molar-refractivity contribution in [2.24, 2.45) is 0 Å². The molecule has 6 heteroatoms. The van der Waals surface area contributed by atoms with Crippen molar-refractivity contribution in [3.05, 3.63) is 394 Å². The number of aryl methyl sites for hydroxylation is 6. The van der Waals surface area contributed by atoms with Gasteiger partial charge in [-0.2, -0.15) is 215 Å². The van der Waals surface area contributed by atoms with E-state index in [1.165, 1.54) is 33.4 Å². The van der Waals surface area contributed by atoms with Gasteiger partial charge in [-0.05, 0) is 71.9 Å². The third-order valence-electron chi connectivity index (χ3n) is 13.9. The fourth-order valence-electron chi connectivity index (χ4n) is 9.93. The molecule has 0 bridgehead atoms. The number of hydrogen-bond acceptors (Lipinski definition) is 0. The zero-order chi connectivity index (χ0) is 53.6. The Balaban J connectivity index is 0.000000789. The maximum absolute atomic E-state index is 2.31. The summed E-state index contributed by atoms with van der Waals surface area (Å²) in [7, 11) is 0. The minimum absolute atomic E-state index is 0. The topological polar surface area (TPSA) is 0 Å². The second-order valence-corrected chi connectivity index (χ2v) is 19.4. The minimum atomic E-state index is 0. The van der Waals surface area contributed by atoms with Crippen LogP contribution in [-0.2, 0) is 179 Å². The predicted molar refractivity (Wildman–Crippen MR) is 335 cm³/mol. The summed E-state index contributed by atoms with van der Waals surface area (Å²) in [6, 6.07) is 114. The van der Waals surface area contributed by atoms with Crippen LogP contribution in [0.3, 0.4) is 0 Å². The quantitative estimate of drug-likeness (QED) is 0.0593. The van der Waals surface area contributed by atoms with Gasteiger partial charge in [0.1, 0.15) is 0 Å². The standard InChI is InChI=1S/C48H48.6C5H5.6Fe/c1-2-14-37(13-1)25-31-43-44(32-26-38-15-3-4-16-38)46(34-28-40-19-7-8-20-40)48(36-30-42-23-11-12-24-42)47(35-29-41-21-9-10-22-41)45(43)33-27-39-17-5-6-18-39;6*1-2-4-5-3-1;;;;;;/h1-24H,25-36H2;6*1-5H;;;;;;/q-6;6*-1;6*+2. The number of benzene rings is 1. The summed E-state index contributed by atoms with van der Waals surface area (Å²) in [4.78, 5) is 0. The van der Waals surface area contributed by atoms with Crippen LogP contribution in [-0.4, -0.2) is 0 Å². The molecule has 13 aromatic carbocycles. The van der Waals surface area contributed by atoms with Crippen LogP contribution in [0.25, 0.3) is 0 Å². The Bertz CT molecular complexity index is 2460. The first-order valence-corrected chi connectivity index (χ1v) is 28.2. The second kappa shape index (κ2) is 48.7. The summed E-state index contributed by atoms with van der Waals surface area (Å²) < 4.78 is 0. The summed E-state index contributed by atoms with van der Waals surface area (Å²) in [5.74, 6) is 0. The molecule has 0 aliphatic carbocycles. The summed E-state index contributed by atoms with van der Waals surface area (Å²) in [6.45, 7) is 0. The average Bonchev–Trinajstić information content (AvgIpc) is 2.69. The smallest absolute Gasteiger partial charge is 0.214 e. The van der Waals surface area contributed by atoms with Crippen LogP contribution in [0.4, 0.5) is 0 Å². The van der Waals surface area contributed by atoms with E-state index in [0.29, 0.717) is 0 Å². The molecule has 0 aliphatic heterocycles. The Morgan fingerprint density at radius 2 is 0.274 bits per heavy atom. The molecule has 0 aliphatic rings. The van der Waals surface area contributed by atoms with E-state index in [9.17, 15) is 0 Å². The maximum atomic E-state index is 2.31. The molecule has 0 nitrogen and oxygen atoms in total. The van der Waals surface area contributed by atoms with E-state index < -0.39 is 0 Å². The molecule has 0 radical (unpaired) electrons. The van der Waals surface area contributed by atoms with Crippen molar-refractivity contribution < 1.29 is 102 Å². The van der Waals surface area contributed by atoms with E-state index in [0.717, 1.165) is 77.0 Å². The van der Waals surface area contributed by atoms with Gasteiger partial charge in [0.15, 0.2) is 0 Å². The molecular formula is C78H78Fe6. The summed E-state index contributed by atoms with van der Waals surface area (Å²) in [6.07, 6.45) is 13.2. The molecular weight excluding hydrogens is 1270 g/mol. The molecule has 0 spiro atoms. The van der Waals surface area contributed by atoms with Gasteiger partial charge in [0.05, 0.1) is 0 Å². The van der Waals surface area contributed by atoms with Crippen LogP contribution in [0.2, 0.25) is 0 Å². The van der Waals surface area contributed by atoms with Crippen LogP contribution in [0.15, 0.2) is 328 Å². The molecule has 0 saturated carbocycles. The van der Waals surface area contributed by atoms with Gasteiger partial charge in [0.25, 0.3) is 0 Å². The van der Waals surface area contributed by atoms with Crippen molar-refractivity contribution in [2.45, 2.75) is 77.0 Å². The number of rotatable bonds is 18. The van der Waals surface area contributed by atoms with E-state index in [1.54, 1.807) is 33.4 Å². The van der Waals surface area contributed by atoms with Crippen LogP contribution in [0.1, 0.15) is 66.8 Å². The van der Waals surface area contributed by atoms with E-state index >= 15 is 0 Å². The zero-order valence-corrected chi connectivity index (χ0v) is 54.4. The normalized spacial score (nSPS) is 9.43. The first kappa shape index (κ1) is 76.5. The van der Waals surface area contributed by atoms with Crippen LogP contribution < -0.4 is 0 Å². The Kier molecular flexibility index (Phi) is 44.4. The molecule has 0 saturated heterocycles. The molecule has 0 unspecified atom stereocenters. The largest absolute Gasteiger partial charge is 2.00 e. The van der Waals surface area contributed by atoms with Crippen molar-refractivity contribution in [1.29, 1.82) is 0 Å². The molecule has 0 aromatic heterocycles. The fraction of sp³-hybridized carbons (Fsp3) is 0.154. The monoisotopic (exact) mass is 1350 g/mol. The molecule has 0 amide bonds. The van der Waals surface area contributed by atoms with Gasteiger partial charge in [0, 0.05) is 0 Å². The fourth-order valence-corrected chi connectivity index (χ4v) is 9.93. The molecule has 13 aromatic rings. The van der Waals surface area contributed by atoms with Crippen LogP contribution >= 0.6 is 0 Å². The first-order valence-electron chi connectivity index (χ1n) is 28.2. The molecule has 84 heavy (non-hydrogen) atoms. The summed E-state index contributed by atoms with van der Waals surface area (Å²) in [5, 5.41) is 0. The maximum Gasteiger partial charge on any atom is 2.00 e. The van der Waals surface area contributed by atoms with Gasteiger partial charge in [-0.15, -0.1) is 0 Å². The summed E-state index contributed by atoms with van der Waals surface area (Å²) in [5.41, 5.74) is 18.7. The Morgan fingerprint density at radius 3 is 0.357 bits per heavy atom. The molecule has 438 valence electrons. The Labute approximate surface area is 568 Å². The van der Waals surface area contributed by atoms with Gasteiger partial charge >= 0.3 is 102 Å². The van der Waals surface area contributed by atoms with Gasteiger partial charge in [-0.25, -0.2) is 146 Å². The summed E-state index contributed by atoms with van der Waals surface area (Å²) >= 11 is 0. The molecule has 0 fully saturated rings. The third kappa shape index (κ3) is 30.1. The predicted octanol–water partition coefficient (Wildman–Crippen LogP) is 19.1. The zero-order valence-electron chi connectivity index (χ0n) is 47.8. The van der Waals surface area contributed by atoms with Crippen molar-refractivity contribution in [3.8, 4) is 0 Å². The first-order chi connectivity index (χ1) is 38.8. The van der Waals surface area contributed by atoms with E-state index in [1.807, 2.05) is 182 Å². The van der Waals surface area contributed by atoms with E-state index in [-0.39, 0.29) is 102 Å². The van der Waals surface area contributed by atoms with Crippen LogP contribution in [0, 0.1) is 0 Å². The SMILES string of the molecule is [Fe+2].[Fe+2].[Fe+2].[Fe+2].[Fe+2].[Fe+2].c1cc[c-](CCc2c(CC[c-]3cccc3)c(CC[c-]3cccc3)c(CC[c-]3cccc3)c(CC[c-]3cccc3)c2CC[c-]2cccc2)c1.c1cc[cH-]c1.c1cc[cH-]c1.c1cc[cH-]c1.c1cc[cH-]c1.c1cc[cH-]c1.c1cc[cH-]c1. The Morgan fingerprint density at radius 1 is 0.167 bits per heavy atom. The van der Waals surface area contributed by atoms with Gasteiger partial charge in [-0.3, -0.25) is 0 Å². The van der Waals surface area contributed by atoms with Crippen molar-refractivity contribution in [3.63, 3.8) is 0 Å². The molecule has 0 heterocycles. The third-order valence-corrected chi connectivity index (χ3v) is 13.9. The van der Waals surface area contributed by atoms with Crippen molar-refractivity contribution in [2.75, 3.05) is 0 Å². The van der Waals surface area contributed by atoms with Gasteiger partial charge in [-0.1, -0.05) is 38.5 Å². The molecule has 0 atom stereocenters. The molecule has 13 rings (SSSR count). The Hall–Kier alpha value is -5.46. The molecule has 0 N–H and O–H groups in total. The van der Waals surface area contributed by atoms with Crippen LogP contribution in [0.5, 0.6) is 0 Å². The second-order valence-electron chi connectivity index (χ2n) is 19.4. The minimum Gasteiger partial charge on any atom is -0.214 e. The van der Waals surface area contributed by atoms with Gasteiger partial charge < -0.3 is 0 Å².